The molecule has 0 aliphatic carbocycles. The Morgan fingerprint density at radius 1 is 1.40 bits per heavy atom. The maximum Gasteiger partial charge on any atom is 0.358 e. The number of carbonyl (C=O) groups is 2. The van der Waals surface area contributed by atoms with Crippen molar-refractivity contribution < 1.29 is 14.7 Å². The van der Waals surface area contributed by atoms with Crippen molar-refractivity contribution >= 4 is 12.0 Å². The largest absolute Gasteiger partial charge is 0.476 e. The molecule has 0 aliphatic rings. The molecule has 0 atom stereocenters. The van der Waals surface area contributed by atoms with E-state index < -0.39 is 5.97 Å². The molecule has 1 aromatic heterocycles. The number of urea groups is 1. The van der Waals surface area contributed by atoms with Gasteiger partial charge in [0, 0.05) is 12.1 Å². The van der Waals surface area contributed by atoms with Gasteiger partial charge in [-0.05, 0) is 19.8 Å². The summed E-state index contributed by atoms with van der Waals surface area (Å²) in [4.78, 5) is 22.3. The molecule has 0 bridgehead atoms. The molecule has 0 radical (unpaired) electrons. The van der Waals surface area contributed by atoms with E-state index in [4.69, 9.17) is 5.11 Å². The summed E-state index contributed by atoms with van der Waals surface area (Å²) in [5.41, 5.74) is -0.327. The van der Waals surface area contributed by atoms with Crippen LogP contribution in [0.25, 0.3) is 0 Å². The molecule has 2 amide bonds. The van der Waals surface area contributed by atoms with Gasteiger partial charge in [-0.3, -0.25) is 0 Å². The summed E-state index contributed by atoms with van der Waals surface area (Å²) < 4.78 is 1.38. The molecule has 0 aliphatic heterocycles. The van der Waals surface area contributed by atoms with Crippen LogP contribution in [0.3, 0.4) is 0 Å². The minimum Gasteiger partial charge on any atom is -0.476 e. The fraction of sp³-hybridized carbons (Fsp3) is 0.667. The molecule has 112 valence electrons. The van der Waals surface area contributed by atoms with Gasteiger partial charge in [-0.15, -0.1) is 5.10 Å². The normalized spacial score (nSPS) is 11.2. The van der Waals surface area contributed by atoms with Crippen LogP contribution in [0.2, 0.25) is 0 Å². The molecular weight excluding hydrogens is 262 g/mol. The second kappa shape index (κ2) is 6.88. The molecule has 1 aromatic rings. The van der Waals surface area contributed by atoms with Gasteiger partial charge in [0.25, 0.3) is 0 Å². The minimum absolute atomic E-state index is 0.112. The lowest BCUT2D eigenvalue weighted by Crippen LogP contribution is -2.50. The Hall–Kier alpha value is -2.12. The molecule has 3 N–H and O–H groups in total. The van der Waals surface area contributed by atoms with Crippen molar-refractivity contribution in [3.63, 3.8) is 0 Å². The summed E-state index contributed by atoms with van der Waals surface area (Å²) in [5.74, 6) is -1.12. The SMILES string of the molecule is CCC(C)(CC)NC(=O)NCCn1cc(C(=O)O)nn1. The lowest BCUT2D eigenvalue weighted by molar-refractivity contribution is 0.0690. The Morgan fingerprint density at radius 3 is 2.55 bits per heavy atom. The number of nitrogens with one attached hydrogen (secondary N) is 2. The zero-order valence-corrected chi connectivity index (χ0v) is 12.0. The Kier molecular flexibility index (Phi) is 5.48. The molecule has 0 aromatic carbocycles. The summed E-state index contributed by atoms with van der Waals surface area (Å²) in [6.45, 7) is 6.74. The maximum absolute atomic E-state index is 11.7. The molecule has 0 saturated carbocycles. The fourth-order valence-corrected chi connectivity index (χ4v) is 1.53. The van der Waals surface area contributed by atoms with Crippen LogP contribution in [0, 0.1) is 0 Å². The van der Waals surface area contributed by atoms with Gasteiger partial charge in [0.1, 0.15) is 0 Å². The van der Waals surface area contributed by atoms with E-state index in [0.29, 0.717) is 13.1 Å². The van der Waals surface area contributed by atoms with Crippen LogP contribution in [0.15, 0.2) is 6.20 Å². The highest BCUT2D eigenvalue weighted by Crippen LogP contribution is 2.12. The first-order valence-electron chi connectivity index (χ1n) is 6.59. The van der Waals surface area contributed by atoms with Gasteiger partial charge in [-0.2, -0.15) is 0 Å². The van der Waals surface area contributed by atoms with E-state index in [2.05, 4.69) is 20.9 Å². The van der Waals surface area contributed by atoms with Crippen molar-refractivity contribution in [2.24, 2.45) is 0 Å². The number of rotatable bonds is 7. The van der Waals surface area contributed by atoms with Gasteiger partial charge in [0.05, 0.1) is 12.7 Å². The van der Waals surface area contributed by atoms with Crippen molar-refractivity contribution in [1.29, 1.82) is 0 Å². The molecule has 0 saturated heterocycles. The van der Waals surface area contributed by atoms with Gasteiger partial charge < -0.3 is 15.7 Å². The van der Waals surface area contributed by atoms with E-state index in [0.717, 1.165) is 12.8 Å². The van der Waals surface area contributed by atoms with Gasteiger partial charge in [-0.1, -0.05) is 19.1 Å². The number of nitrogens with zero attached hydrogens (tertiary/aromatic N) is 3. The number of hydrogen-bond acceptors (Lipinski definition) is 4. The van der Waals surface area contributed by atoms with Crippen molar-refractivity contribution in [2.75, 3.05) is 6.54 Å². The van der Waals surface area contributed by atoms with Crippen LogP contribution in [-0.2, 0) is 6.54 Å². The second-order valence-electron chi connectivity index (χ2n) is 4.82. The van der Waals surface area contributed by atoms with Crippen LogP contribution in [0.4, 0.5) is 4.79 Å². The number of carboxylic acids is 1. The zero-order valence-electron chi connectivity index (χ0n) is 12.0. The third-order valence-corrected chi connectivity index (χ3v) is 3.36. The highest BCUT2D eigenvalue weighted by Gasteiger charge is 2.21. The molecule has 0 spiro atoms. The van der Waals surface area contributed by atoms with Crippen molar-refractivity contribution in [2.45, 2.75) is 45.7 Å². The van der Waals surface area contributed by atoms with Crippen molar-refractivity contribution in [1.82, 2.24) is 25.6 Å². The first kappa shape index (κ1) is 15.9. The number of aromatic carboxylic acids is 1. The van der Waals surface area contributed by atoms with Gasteiger partial charge in [0.2, 0.25) is 0 Å². The predicted octanol–water partition coefficient (Wildman–Crippen LogP) is 0.854. The first-order valence-corrected chi connectivity index (χ1v) is 6.59. The second-order valence-corrected chi connectivity index (χ2v) is 4.82. The standard InChI is InChI=1S/C12H21N5O3/c1-4-12(3,5-2)14-11(20)13-6-7-17-8-9(10(18)19)15-16-17/h8H,4-7H2,1-3H3,(H,18,19)(H2,13,14,20). The summed E-state index contributed by atoms with van der Waals surface area (Å²) in [7, 11) is 0. The van der Waals surface area contributed by atoms with E-state index in [9.17, 15) is 9.59 Å². The summed E-state index contributed by atoms with van der Waals surface area (Å²) in [5, 5.41) is 21.5. The Labute approximate surface area is 117 Å². The molecule has 8 heteroatoms. The third kappa shape index (κ3) is 4.52. The molecule has 0 fully saturated rings. The average molecular weight is 283 g/mol. The topological polar surface area (TPSA) is 109 Å². The minimum atomic E-state index is -1.12. The van der Waals surface area contributed by atoms with E-state index in [-0.39, 0.29) is 17.3 Å². The Bertz CT molecular complexity index is 467. The quantitative estimate of drug-likeness (QED) is 0.687. The molecular formula is C12H21N5O3. The van der Waals surface area contributed by atoms with Crippen molar-refractivity contribution in [3.8, 4) is 0 Å². The zero-order chi connectivity index (χ0) is 15.2. The maximum atomic E-state index is 11.7. The molecule has 1 rings (SSSR count). The number of carboxylic acid groups (broad SMARTS) is 1. The highest BCUT2D eigenvalue weighted by atomic mass is 16.4. The van der Waals surface area contributed by atoms with Gasteiger partial charge >= 0.3 is 12.0 Å². The number of amides is 2. The van der Waals surface area contributed by atoms with E-state index in [1.54, 1.807) is 0 Å². The first-order chi connectivity index (χ1) is 9.40. The molecule has 8 nitrogen and oxygen atoms in total. The smallest absolute Gasteiger partial charge is 0.358 e. The lowest BCUT2D eigenvalue weighted by atomic mass is 9.96. The Morgan fingerprint density at radius 2 is 2.05 bits per heavy atom. The molecule has 20 heavy (non-hydrogen) atoms. The van der Waals surface area contributed by atoms with E-state index >= 15 is 0 Å². The fourth-order valence-electron chi connectivity index (χ4n) is 1.53. The van der Waals surface area contributed by atoms with Crippen LogP contribution >= 0.6 is 0 Å². The van der Waals surface area contributed by atoms with Crippen LogP contribution in [0.1, 0.15) is 44.1 Å². The van der Waals surface area contributed by atoms with Crippen LogP contribution in [0.5, 0.6) is 0 Å². The lowest BCUT2D eigenvalue weighted by Gasteiger charge is -2.28. The van der Waals surface area contributed by atoms with Gasteiger partial charge in [0.15, 0.2) is 5.69 Å². The molecule has 0 unspecified atom stereocenters. The third-order valence-electron chi connectivity index (χ3n) is 3.36. The number of aromatic nitrogens is 3. The summed E-state index contributed by atoms with van der Waals surface area (Å²) in [6.07, 6.45) is 3.02. The summed E-state index contributed by atoms with van der Waals surface area (Å²) in [6, 6.07) is -0.241. The average Bonchev–Trinajstić information content (AvgIpc) is 2.87. The monoisotopic (exact) mass is 283 g/mol. The van der Waals surface area contributed by atoms with E-state index in [1.807, 2.05) is 20.8 Å². The number of carbonyl (C=O) groups excluding carboxylic acids is 1. The highest BCUT2D eigenvalue weighted by molar-refractivity contribution is 5.84. The van der Waals surface area contributed by atoms with Crippen LogP contribution in [-0.4, -0.2) is 44.2 Å². The Balaban J connectivity index is 2.36. The molecule has 1 heterocycles. The number of hydrogen-bond donors (Lipinski definition) is 3. The summed E-state index contributed by atoms with van der Waals surface area (Å²) >= 11 is 0. The van der Waals surface area contributed by atoms with Crippen LogP contribution < -0.4 is 10.6 Å². The van der Waals surface area contributed by atoms with Crippen molar-refractivity contribution in [3.05, 3.63) is 11.9 Å². The predicted molar refractivity (Wildman–Crippen MR) is 72.5 cm³/mol. The van der Waals surface area contributed by atoms with Gasteiger partial charge in [-0.25, -0.2) is 14.3 Å². The van der Waals surface area contributed by atoms with E-state index in [1.165, 1.54) is 10.9 Å².